The number of rotatable bonds is 4. The number of ether oxygens (including phenoxy) is 1. The van der Waals surface area contributed by atoms with Crippen molar-refractivity contribution in [2.24, 2.45) is 0 Å². The van der Waals surface area contributed by atoms with Crippen molar-refractivity contribution < 1.29 is 9.13 Å². The molecule has 0 aliphatic rings. The first-order chi connectivity index (χ1) is 7.75. The first-order valence-electron chi connectivity index (χ1n) is 4.93. The van der Waals surface area contributed by atoms with E-state index < -0.39 is 0 Å². The third kappa shape index (κ3) is 2.50. The van der Waals surface area contributed by atoms with Crippen LogP contribution in [0.5, 0.6) is 5.75 Å². The summed E-state index contributed by atoms with van der Waals surface area (Å²) in [4.78, 5) is 0. The van der Waals surface area contributed by atoms with Crippen molar-refractivity contribution in [3.05, 3.63) is 41.8 Å². The van der Waals surface area contributed by atoms with Crippen LogP contribution >= 0.6 is 0 Å². The molecule has 0 aliphatic heterocycles. The van der Waals surface area contributed by atoms with Gasteiger partial charge < -0.3 is 10.5 Å². The molecular weight excluding hydrogens is 209 g/mol. The number of nitrogens with zero attached hydrogens (tertiary/aromatic N) is 1. The first kappa shape index (κ1) is 10.5. The third-order valence-electron chi connectivity index (χ3n) is 2.12. The summed E-state index contributed by atoms with van der Waals surface area (Å²) < 4.78 is 18.4. The molecule has 2 rings (SSSR count). The van der Waals surface area contributed by atoms with Gasteiger partial charge >= 0.3 is 0 Å². The summed E-state index contributed by atoms with van der Waals surface area (Å²) in [5.74, 6) is 0.350. The van der Waals surface area contributed by atoms with Crippen LogP contribution in [0.15, 0.2) is 30.3 Å². The number of hydrogen-bond acceptors (Lipinski definition) is 3. The molecular formula is C11H12FN3O. The van der Waals surface area contributed by atoms with Crippen molar-refractivity contribution >= 4 is 5.82 Å². The highest BCUT2D eigenvalue weighted by Crippen LogP contribution is 2.15. The highest BCUT2D eigenvalue weighted by atomic mass is 19.1. The number of nitrogen functional groups attached to an aromatic ring is 1. The second-order valence-electron chi connectivity index (χ2n) is 3.35. The summed E-state index contributed by atoms with van der Waals surface area (Å²) in [5.41, 5.74) is 6.31. The van der Waals surface area contributed by atoms with E-state index in [1.54, 1.807) is 24.3 Å². The van der Waals surface area contributed by atoms with E-state index in [4.69, 9.17) is 10.5 Å². The van der Waals surface area contributed by atoms with Gasteiger partial charge in [-0.3, -0.25) is 5.10 Å². The maximum atomic E-state index is 13.2. The van der Waals surface area contributed by atoms with Gasteiger partial charge in [0.15, 0.2) is 11.6 Å². The van der Waals surface area contributed by atoms with Crippen molar-refractivity contribution in [1.82, 2.24) is 10.2 Å². The van der Waals surface area contributed by atoms with E-state index in [0.29, 0.717) is 18.8 Å². The first-order valence-corrected chi connectivity index (χ1v) is 4.93. The Kier molecular flexibility index (Phi) is 3.05. The average molecular weight is 221 g/mol. The molecule has 0 radical (unpaired) electrons. The van der Waals surface area contributed by atoms with Crippen LogP contribution in [-0.2, 0) is 6.42 Å². The van der Waals surface area contributed by atoms with Gasteiger partial charge in [0.25, 0.3) is 0 Å². The molecule has 0 saturated heterocycles. The molecule has 0 atom stereocenters. The van der Waals surface area contributed by atoms with E-state index in [1.807, 2.05) is 0 Å². The predicted molar refractivity (Wildman–Crippen MR) is 58.6 cm³/mol. The van der Waals surface area contributed by atoms with E-state index in [9.17, 15) is 4.39 Å². The lowest BCUT2D eigenvalue weighted by Crippen LogP contribution is -2.02. The smallest absolute Gasteiger partial charge is 0.165 e. The fourth-order valence-electron chi connectivity index (χ4n) is 1.34. The van der Waals surface area contributed by atoms with Gasteiger partial charge in [-0.1, -0.05) is 12.1 Å². The number of para-hydroxylation sites is 1. The van der Waals surface area contributed by atoms with Crippen LogP contribution in [0.2, 0.25) is 0 Å². The minimum atomic E-state index is -0.355. The lowest BCUT2D eigenvalue weighted by molar-refractivity contribution is 0.304. The van der Waals surface area contributed by atoms with Crippen molar-refractivity contribution in [1.29, 1.82) is 0 Å². The molecule has 2 aromatic rings. The zero-order valence-electron chi connectivity index (χ0n) is 8.61. The quantitative estimate of drug-likeness (QED) is 0.826. The summed E-state index contributed by atoms with van der Waals surface area (Å²) >= 11 is 0. The minimum Gasteiger partial charge on any atom is -0.490 e. The number of nitrogens with two attached hydrogens (primary N) is 1. The molecule has 1 aromatic carbocycles. The monoisotopic (exact) mass is 221 g/mol. The van der Waals surface area contributed by atoms with Gasteiger partial charge in [0.05, 0.1) is 6.61 Å². The van der Waals surface area contributed by atoms with E-state index in [2.05, 4.69) is 10.2 Å². The van der Waals surface area contributed by atoms with Gasteiger partial charge in [0.1, 0.15) is 5.82 Å². The highest BCUT2D eigenvalue weighted by Gasteiger charge is 2.02. The standard InChI is InChI=1S/C11H12FN3O/c12-9-3-1-2-4-10(9)16-6-5-8-7-11(13)15-14-8/h1-4,7H,5-6H2,(H3,13,14,15). The maximum Gasteiger partial charge on any atom is 0.165 e. The fourth-order valence-corrected chi connectivity index (χ4v) is 1.34. The van der Waals surface area contributed by atoms with Gasteiger partial charge in [0.2, 0.25) is 0 Å². The van der Waals surface area contributed by atoms with Gasteiger partial charge in [-0.05, 0) is 12.1 Å². The number of anilines is 1. The Labute approximate surface area is 92.2 Å². The van der Waals surface area contributed by atoms with E-state index in [0.717, 1.165) is 5.69 Å². The third-order valence-corrected chi connectivity index (χ3v) is 2.12. The van der Waals surface area contributed by atoms with E-state index in [1.165, 1.54) is 6.07 Å². The fraction of sp³-hybridized carbons (Fsp3) is 0.182. The van der Waals surface area contributed by atoms with Gasteiger partial charge in [-0.25, -0.2) is 4.39 Å². The Bertz CT molecular complexity index is 470. The molecule has 84 valence electrons. The summed E-state index contributed by atoms with van der Waals surface area (Å²) in [6.07, 6.45) is 0.610. The van der Waals surface area contributed by atoms with Gasteiger partial charge in [0, 0.05) is 18.2 Å². The van der Waals surface area contributed by atoms with Crippen LogP contribution in [0.1, 0.15) is 5.69 Å². The zero-order chi connectivity index (χ0) is 11.4. The van der Waals surface area contributed by atoms with Crippen molar-refractivity contribution in [3.8, 4) is 5.75 Å². The number of aromatic nitrogens is 2. The molecule has 1 heterocycles. The molecule has 1 aromatic heterocycles. The summed E-state index contributed by atoms with van der Waals surface area (Å²) in [5, 5.41) is 6.54. The molecule has 0 bridgehead atoms. The number of benzene rings is 1. The Balaban J connectivity index is 1.87. The van der Waals surface area contributed by atoms with Crippen LogP contribution in [0.3, 0.4) is 0 Å². The van der Waals surface area contributed by atoms with Crippen LogP contribution in [0.4, 0.5) is 10.2 Å². The predicted octanol–water partition coefficient (Wildman–Crippen LogP) is 1.75. The second-order valence-corrected chi connectivity index (χ2v) is 3.35. The lowest BCUT2D eigenvalue weighted by Gasteiger charge is -2.05. The van der Waals surface area contributed by atoms with Crippen LogP contribution < -0.4 is 10.5 Å². The maximum absolute atomic E-state index is 13.2. The Morgan fingerprint density at radius 3 is 2.88 bits per heavy atom. The Morgan fingerprint density at radius 1 is 1.38 bits per heavy atom. The van der Waals surface area contributed by atoms with Gasteiger partial charge in [-0.2, -0.15) is 5.10 Å². The lowest BCUT2D eigenvalue weighted by atomic mass is 10.3. The SMILES string of the molecule is Nc1cc(CCOc2ccccc2F)[nH]n1. The van der Waals surface area contributed by atoms with Crippen molar-refractivity contribution in [2.45, 2.75) is 6.42 Å². The average Bonchev–Trinajstić information content (AvgIpc) is 2.67. The number of aromatic amines is 1. The van der Waals surface area contributed by atoms with Crippen LogP contribution in [-0.4, -0.2) is 16.8 Å². The zero-order valence-corrected chi connectivity index (χ0v) is 8.61. The van der Waals surface area contributed by atoms with E-state index in [-0.39, 0.29) is 11.6 Å². The number of H-pyrrole nitrogens is 1. The molecule has 0 spiro atoms. The molecule has 0 aliphatic carbocycles. The van der Waals surface area contributed by atoms with Crippen molar-refractivity contribution in [3.63, 3.8) is 0 Å². The summed E-state index contributed by atoms with van der Waals surface area (Å²) in [7, 11) is 0. The van der Waals surface area contributed by atoms with Crippen LogP contribution in [0, 0.1) is 5.82 Å². The number of hydrogen-bond donors (Lipinski definition) is 2. The normalized spacial score (nSPS) is 10.3. The summed E-state index contributed by atoms with van der Waals surface area (Å²) in [6.45, 7) is 0.378. The Hall–Kier alpha value is -2.04. The van der Waals surface area contributed by atoms with Crippen molar-refractivity contribution in [2.75, 3.05) is 12.3 Å². The molecule has 3 N–H and O–H groups in total. The molecule has 5 heteroatoms. The minimum absolute atomic E-state index is 0.259. The number of halogens is 1. The number of nitrogens with one attached hydrogen (secondary N) is 1. The van der Waals surface area contributed by atoms with Gasteiger partial charge in [-0.15, -0.1) is 0 Å². The van der Waals surface area contributed by atoms with E-state index >= 15 is 0 Å². The van der Waals surface area contributed by atoms with Crippen LogP contribution in [0.25, 0.3) is 0 Å². The molecule has 4 nitrogen and oxygen atoms in total. The highest BCUT2D eigenvalue weighted by molar-refractivity contribution is 5.28. The largest absolute Gasteiger partial charge is 0.490 e. The molecule has 0 fully saturated rings. The second kappa shape index (κ2) is 4.65. The Morgan fingerprint density at radius 2 is 2.19 bits per heavy atom. The molecule has 0 amide bonds. The molecule has 16 heavy (non-hydrogen) atoms. The summed E-state index contributed by atoms with van der Waals surface area (Å²) in [6, 6.07) is 8.04. The molecule has 0 saturated carbocycles. The topological polar surface area (TPSA) is 63.9 Å². The molecule has 0 unspecified atom stereocenters.